The van der Waals surface area contributed by atoms with E-state index in [2.05, 4.69) is 10.2 Å². The lowest BCUT2D eigenvalue weighted by molar-refractivity contribution is 0.112. The highest BCUT2D eigenvalue weighted by atomic mass is 16.5. The van der Waals surface area contributed by atoms with Crippen LogP contribution in [0.3, 0.4) is 0 Å². The van der Waals surface area contributed by atoms with Gasteiger partial charge >= 0.3 is 0 Å². The number of aldehydes is 1. The molecular weight excluding hydrogens is 304 g/mol. The summed E-state index contributed by atoms with van der Waals surface area (Å²) < 4.78 is 11.1. The van der Waals surface area contributed by atoms with Crippen molar-refractivity contribution in [2.75, 3.05) is 7.11 Å². The summed E-state index contributed by atoms with van der Waals surface area (Å²) in [6.45, 7) is 0.422. The number of rotatable bonds is 6. The molecule has 0 N–H and O–H groups in total. The third-order valence-electron chi connectivity index (χ3n) is 3.52. The molecule has 120 valence electrons. The van der Waals surface area contributed by atoms with Crippen LogP contribution >= 0.6 is 0 Å². The fourth-order valence-corrected chi connectivity index (χ4v) is 2.27. The van der Waals surface area contributed by atoms with Gasteiger partial charge in [0, 0.05) is 17.2 Å². The minimum absolute atomic E-state index is 0.422. The quantitative estimate of drug-likeness (QED) is 0.650. The van der Waals surface area contributed by atoms with Crippen molar-refractivity contribution >= 4 is 6.29 Å². The summed E-state index contributed by atoms with van der Waals surface area (Å²) in [5.74, 6) is 1.22. The van der Waals surface area contributed by atoms with Crippen molar-refractivity contribution in [1.82, 2.24) is 10.2 Å². The normalized spacial score (nSPS) is 10.2. The maximum atomic E-state index is 11.1. The lowest BCUT2D eigenvalue weighted by Crippen LogP contribution is -1.99. The highest BCUT2D eigenvalue weighted by Crippen LogP contribution is 2.31. The molecule has 0 unspecified atom stereocenters. The van der Waals surface area contributed by atoms with Gasteiger partial charge in [0.1, 0.15) is 30.1 Å². The summed E-state index contributed by atoms with van der Waals surface area (Å²) >= 11 is 0. The monoisotopic (exact) mass is 320 g/mol. The van der Waals surface area contributed by atoms with Gasteiger partial charge in [-0.2, -0.15) is 10.2 Å². The van der Waals surface area contributed by atoms with Crippen molar-refractivity contribution in [3.8, 4) is 22.8 Å². The standard InChI is InChI=1S/C19H16N2O3/c1-23-16-10-18(21-20-11-16)17-9-15(12-22)7-8-19(17)24-13-14-5-3-2-4-6-14/h2-12H,13H2,1H3. The van der Waals surface area contributed by atoms with Crippen molar-refractivity contribution in [1.29, 1.82) is 0 Å². The number of hydrogen-bond acceptors (Lipinski definition) is 5. The molecule has 1 aromatic heterocycles. The molecule has 0 aliphatic carbocycles. The van der Waals surface area contributed by atoms with Crippen LogP contribution in [0.25, 0.3) is 11.3 Å². The van der Waals surface area contributed by atoms with Crippen LogP contribution in [0.15, 0.2) is 60.8 Å². The average molecular weight is 320 g/mol. The molecule has 0 fully saturated rings. The number of methoxy groups -OCH3 is 1. The Labute approximate surface area is 139 Å². The Bertz CT molecular complexity index is 835. The highest BCUT2D eigenvalue weighted by molar-refractivity contribution is 5.80. The van der Waals surface area contributed by atoms with Gasteiger partial charge in [0.05, 0.1) is 13.3 Å². The largest absolute Gasteiger partial charge is 0.495 e. The van der Waals surface area contributed by atoms with Crippen LogP contribution in [-0.4, -0.2) is 23.6 Å². The summed E-state index contributed by atoms with van der Waals surface area (Å²) in [5, 5.41) is 8.05. The molecule has 3 aromatic rings. The van der Waals surface area contributed by atoms with Gasteiger partial charge in [-0.3, -0.25) is 4.79 Å². The van der Waals surface area contributed by atoms with E-state index < -0.39 is 0 Å². The first-order chi connectivity index (χ1) is 11.8. The summed E-state index contributed by atoms with van der Waals surface area (Å²) in [6.07, 6.45) is 2.32. The molecule has 0 bridgehead atoms. The van der Waals surface area contributed by atoms with Crippen LogP contribution in [0, 0.1) is 0 Å². The second-order valence-corrected chi connectivity index (χ2v) is 5.13. The fourth-order valence-electron chi connectivity index (χ4n) is 2.27. The number of aromatic nitrogens is 2. The van der Waals surface area contributed by atoms with Gasteiger partial charge in [0.25, 0.3) is 0 Å². The van der Waals surface area contributed by atoms with Crippen molar-refractivity contribution < 1.29 is 14.3 Å². The van der Waals surface area contributed by atoms with Crippen molar-refractivity contribution in [3.05, 3.63) is 71.9 Å². The number of hydrogen-bond donors (Lipinski definition) is 0. The summed E-state index contributed by atoms with van der Waals surface area (Å²) in [4.78, 5) is 11.1. The zero-order valence-corrected chi connectivity index (χ0v) is 13.2. The molecule has 5 nitrogen and oxygen atoms in total. The van der Waals surface area contributed by atoms with Crippen LogP contribution < -0.4 is 9.47 Å². The molecule has 0 aliphatic rings. The molecule has 24 heavy (non-hydrogen) atoms. The lowest BCUT2D eigenvalue weighted by Gasteiger charge is -2.12. The van der Waals surface area contributed by atoms with Gasteiger partial charge in [0.2, 0.25) is 0 Å². The summed E-state index contributed by atoms with van der Waals surface area (Å²) in [7, 11) is 1.56. The molecule has 0 amide bonds. The van der Waals surface area contributed by atoms with Crippen LogP contribution in [0.4, 0.5) is 0 Å². The maximum absolute atomic E-state index is 11.1. The smallest absolute Gasteiger partial charge is 0.150 e. The van der Waals surface area contributed by atoms with E-state index in [1.54, 1.807) is 31.4 Å². The molecule has 0 spiro atoms. The second kappa shape index (κ2) is 7.37. The van der Waals surface area contributed by atoms with Gasteiger partial charge in [0.15, 0.2) is 0 Å². The Morgan fingerprint density at radius 1 is 1.08 bits per heavy atom. The lowest BCUT2D eigenvalue weighted by atomic mass is 10.1. The van der Waals surface area contributed by atoms with E-state index in [1.807, 2.05) is 30.3 Å². The molecule has 0 radical (unpaired) electrons. The van der Waals surface area contributed by atoms with Gasteiger partial charge in [-0.25, -0.2) is 0 Å². The minimum atomic E-state index is 0.422. The van der Waals surface area contributed by atoms with Gasteiger partial charge in [-0.15, -0.1) is 0 Å². The number of ether oxygens (including phenoxy) is 2. The Balaban J connectivity index is 1.94. The molecule has 0 saturated heterocycles. The first-order valence-corrected chi connectivity index (χ1v) is 7.43. The van der Waals surface area contributed by atoms with E-state index in [9.17, 15) is 4.79 Å². The Morgan fingerprint density at radius 2 is 1.92 bits per heavy atom. The fraction of sp³-hybridized carbons (Fsp3) is 0.105. The van der Waals surface area contributed by atoms with E-state index in [1.165, 1.54) is 6.20 Å². The molecule has 1 heterocycles. The number of benzene rings is 2. The predicted octanol–water partition coefficient (Wildman–Crippen LogP) is 3.54. The topological polar surface area (TPSA) is 61.3 Å². The second-order valence-electron chi connectivity index (χ2n) is 5.13. The van der Waals surface area contributed by atoms with Crippen molar-refractivity contribution in [3.63, 3.8) is 0 Å². The Kier molecular flexibility index (Phi) is 4.81. The third-order valence-corrected chi connectivity index (χ3v) is 3.52. The van der Waals surface area contributed by atoms with Crippen molar-refractivity contribution in [2.24, 2.45) is 0 Å². The van der Waals surface area contributed by atoms with Crippen LogP contribution in [0.2, 0.25) is 0 Å². The van der Waals surface area contributed by atoms with E-state index in [-0.39, 0.29) is 0 Å². The molecule has 2 aromatic carbocycles. The van der Waals surface area contributed by atoms with Crippen molar-refractivity contribution in [2.45, 2.75) is 6.61 Å². The van der Waals surface area contributed by atoms with Gasteiger partial charge in [-0.05, 0) is 23.8 Å². The maximum Gasteiger partial charge on any atom is 0.150 e. The molecule has 0 atom stereocenters. The first-order valence-electron chi connectivity index (χ1n) is 7.43. The zero-order chi connectivity index (χ0) is 16.8. The first kappa shape index (κ1) is 15.7. The zero-order valence-electron chi connectivity index (χ0n) is 13.2. The molecule has 5 heteroatoms. The predicted molar refractivity (Wildman–Crippen MR) is 90.2 cm³/mol. The van der Waals surface area contributed by atoms with E-state index in [0.29, 0.717) is 34.9 Å². The van der Waals surface area contributed by atoms with Crippen LogP contribution in [0.5, 0.6) is 11.5 Å². The van der Waals surface area contributed by atoms with E-state index in [0.717, 1.165) is 11.8 Å². The summed E-state index contributed by atoms with van der Waals surface area (Å²) in [5.41, 5.74) is 2.88. The molecular formula is C19H16N2O3. The summed E-state index contributed by atoms with van der Waals surface area (Å²) in [6, 6.07) is 16.8. The van der Waals surface area contributed by atoms with E-state index in [4.69, 9.17) is 9.47 Å². The van der Waals surface area contributed by atoms with Gasteiger partial charge < -0.3 is 9.47 Å². The van der Waals surface area contributed by atoms with E-state index >= 15 is 0 Å². The van der Waals surface area contributed by atoms with Gasteiger partial charge in [-0.1, -0.05) is 30.3 Å². The highest BCUT2D eigenvalue weighted by Gasteiger charge is 2.11. The number of carbonyl (C=O) groups is 1. The van der Waals surface area contributed by atoms with Crippen LogP contribution in [0.1, 0.15) is 15.9 Å². The SMILES string of the molecule is COc1cnnc(-c2cc(C=O)ccc2OCc2ccccc2)c1. The Hall–Kier alpha value is -3.21. The number of carbonyl (C=O) groups excluding carboxylic acids is 1. The number of nitrogens with zero attached hydrogens (tertiary/aromatic N) is 2. The molecule has 3 rings (SSSR count). The molecule has 0 aliphatic heterocycles. The average Bonchev–Trinajstić information content (AvgIpc) is 2.67. The van der Waals surface area contributed by atoms with Crippen LogP contribution in [-0.2, 0) is 6.61 Å². The minimum Gasteiger partial charge on any atom is -0.495 e. The molecule has 0 saturated carbocycles. The Morgan fingerprint density at radius 3 is 2.67 bits per heavy atom. The third kappa shape index (κ3) is 3.57.